The second-order valence-corrected chi connectivity index (χ2v) is 6.15. The van der Waals surface area contributed by atoms with E-state index in [1.54, 1.807) is 16.3 Å². The van der Waals surface area contributed by atoms with Crippen LogP contribution in [0.5, 0.6) is 0 Å². The number of benzene rings is 1. The molecule has 3 nitrogen and oxygen atoms in total. The lowest BCUT2D eigenvalue weighted by atomic mass is 10.3. The van der Waals surface area contributed by atoms with Gasteiger partial charge in [-0.2, -0.15) is 4.98 Å². The Morgan fingerprint density at radius 2 is 1.95 bits per heavy atom. The molecule has 0 bridgehead atoms. The average molecular weight is 339 g/mol. The molecule has 1 aromatic carbocycles. The summed E-state index contributed by atoms with van der Waals surface area (Å²) in [7, 11) is 0. The maximum atomic E-state index is 11.9. The predicted octanol–water partition coefficient (Wildman–Crippen LogP) is 3.41. The van der Waals surface area contributed by atoms with E-state index in [2.05, 4.69) is 33.0 Å². The molecular formula is C14H15BrN2OS. The van der Waals surface area contributed by atoms with Crippen molar-refractivity contribution in [2.45, 2.75) is 25.3 Å². The number of halogens is 1. The van der Waals surface area contributed by atoms with Crippen molar-refractivity contribution in [3.05, 3.63) is 56.7 Å². The van der Waals surface area contributed by atoms with Crippen LogP contribution in [0.25, 0.3) is 0 Å². The van der Waals surface area contributed by atoms with Crippen molar-refractivity contribution in [1.82, 2.24) is 9.55 Å². The zero-order valence-corrected chi connectivity index (χ0v) is 13.3. The van der Waals surface area contributed by atoms with Crippen LogP contribution < -0.4 is 5.69 Å². The lowest BCUT2D eigenvalue weighted by Crippen LogP contribution is -2.27. The summed E-state index contributed by atoms with van der Waals surface area (Å²) >= 11 is 5.21. The predicted molar refractivity (Wildman–Crippen MR) is 82.8 cm³/mol. The average Bonchev–Trinajstić information content (AvgIpc) is 2.41. The van der Waals surface area contributed by atoms with Crippen LogP contribution >= 0.6 is 27.7 Å². The van der Waals surface area contributed by atoms with Gasteiger partial charge in [0.25, 0.3) is 0 Å². The minimum absolute atomic E-state index is 0.174. The number of aromatic nitrogens is 2. The minimum Gasteiger partial charge on any atom is -0.295 e. The van der Waals surface area contributed by atoms with Crippen molar-refractivity contribution in [3.63, 3.8) is 0 Å². The van der Waals surface area contributed by atoms with Crippen molar-refractivity contribution in [1.29, 1.82) is 0 Å². The molecule has 0 radical (unpaired) electrons. The molecule has 0 atom stereocenters. The molecule has 0 aliphatic heterocycles. The molecule has 0 spiro atoms. The van der Waals surface area contributed by atoms with E-state index in [0.29, 0.717) is 6.54 Å². The highest BCUT2D eigenvalue weighted by molar-refractivity contribution is 9.10. The second kappa shape index (κ2) is 6.39. The van der Waals surface area contributed by atoms with Crippen LogP contribution in [0.3, 0.4) is 0 Å². The highest BCUT2D eigenvalue weighted by atomic mass is 79.9. The van der Waals surface area contributed by atoms with E-state index >= 15 is 0 Å². The van der Waals surface area contributed by atoms with Gasteiger partial charge in [-0.1, -0.05) is 18.2 Å². The Labute approximate surface area is 125 Å². The van der Waals surface area contributed by atoms with E-state index in [1.165, 1.54) is 4.90 Å². The zero-order chi connectivity index (χ0) is 13.8. The van der Waals surface area contributed by atoms with Crippen molar-refractivity contribution in [2.24, 2.45) is 0 Å². The molecule has 0 N–H and O–H groups in total. The van der Waals surface area contributed by atoms with Gasteiger partial charge < -0.3 is 0 Å². The Balaban J connectivity index is 2.08. The van der Waals surface area contributed by atoms with E-state index in [1.807, 2.05) is 32.0 Å². The number of aryl methyl sites for hydroxylation is 1. The molecule has 0 saturated carbocycles. The van der Waals surface area contributed by atoms with E-state index < -0.39 is 0 Å². The van der Waals surface area contributed by atoms with Gasteiger partial charge >= 0.3 is 5.69 Å². The Morgan fingerprint density at radius 3 is 2.63 bits per heavy atom. The molecule has 1 aromatic heterocycles. The van der Waals surface area contributed by atoms with Gasteiger partial charge in [0.2, 0.25) is 0 Å². The molecule has 0 amide bonds. The van der Waals surface area contributed by atoms with Crippen molar-refractivity contribution in [2.75, 3.05) is 5.75 Å². The van der Waals surface area contributed by atoms with Crippen molar-refractivity contribution < 1.29 is 0 Å². The maximum Gasteiger partial charge on any atom is 0.348 e. The standard InChI is InChI=1S/C14H15BrN2OS/c1-10-13(15)11(2)17(14(18)16-10)8-9-19-12-6-4-3-5-7-12/h3-7H,8-9H2,1-2H3. The van der Waals surface area contributed by atoms with Gasteiger partial charge in [-0.25, -0.2) is 4.79 Å². The lowest BCUT2D eigenvalue weighted by Gasteiger charge is -2.11. The number of hydrogen-bond donors (Lipinski definition) is 0. The summed E-state index contributed by atoms with van der Waals surface area (Å²) in [6.07, 6.45) is 0. The van der Waals surface area contributed by atoms with Crippen LogP contribution in [0.15, 0.2) is 44.5 Å². The number of rotatable bonds is 4. The normalized spacial score (nSPS) is 10.7. The fourth-order valence-electron chi connectivity index (χ4n) is 1.81. The first-order valence-electron chi connectivity index (χ1n) is 6.01. The molecule has 0 aliphatic rings. The van der Waals surface area contributed by atoms with E-state index in [4.69, 9.17) is 0 Å². The van der Waals surface area contributed by atoms with Crippen LogP contribution in [-0.2, 0) is 6.54 Å². The Kier molecular flexibility index (Phi) is 4.82. The Morgan fingerprint density at radius 1 is 1.26 bits per heavy atom. The highest BCUT2D eigenvalue weighted by Crippen LogP contribution is 2.19. The van der Waals surface area contributed by atoms with Crippen LogP contribution in [0.2, 0.25) is 0 Å². The number of thioether (sulfide) groups is 1. The molecule has 100 valence electrons. The quantitative estimate of drug-likeness (QED) is 0.801. The van der Waals surface area contributed by atoms with Crippen LogP contribution in [-0.4, -0.2) is 15.3 Å². The summed E-state index contributed by atoms with van der Waals surface area (Å²) < 4.78 is 2.63. The molecule has 0 aliphatic carbocycles. The summed E-state index contributed by atoms with van der Waals surface area (Å²) in [5.74, 6) is 0.849. The molecule has 0 fully saturated rings. The van der Waals surface area contributed by atoms with Gasteiger partial charge in [0, 0.05) is 22.9 Å². The molecule has 1 heterocycles. The first-order chi connectivity index (χ1) is 9.09. The topological polar surface area (TPSA) is 34.9 Å². The van der Waals surface area contributed by atoms with E-state index in [9.17, 15) is 4.79 Å². The Hall–Kier alpha value is -1.07. The summed E-state index contributed by atoms with van der Waals surface area (Å²) in [6, 6.07) is 10.2. The number of hydrogen-bond acceptors (Lipinski definition) is 3. The molecular weight excluding hydrogens is 324 g/mol. The van der Waals surface area contributed by atoms with Crippen LogP contribution in [0, 0.1) is 13.8 Å². The third kappa shape index (κ3) is 3.48. The summed E-state index contributed by atoms with van der Waals surface area (Å²) in [5.41, 5.74) is 1.51. The second-order valence-electron chi connectivity index (χ2n) is 4.19. The molecule has 2 aromatic rings. The smallest absolute Gasteiger partial charge is 0.295 e. The van der Waals surface area contributed by atoms with Gasteiger partial charge in [0.15, 0.2) is 0 Å². The molecule has 0 saturated heterocycles. The zero-order valence-electron chi connectivity index (χ0n) is 10.9. The fourth-order valence-corrected chi connectivity index (χ4v) is 2.97. The Bertz CT molecular complexity index is 625. The van der Waals surface area contributed by atoms with Gasteiger partial charge in [0.1, 0.15) is 0 Å². The molecule has 0 unspecified atom stereocenters. The van der Waals surface area contributed by atoms with Crippen molar-refractivity contribution in [3.8, 4) is 0 Å². The molecule has 19 heavy (non-hydrogen) atoms. The summed E-state index contributed by atoms with van der Waals surface area (Å²) in [4.78, 5) is 17.1. The lowest BCUT2D eigenvalue weighted by molar-refractivity contribution is 0.670. The van der Waals surface area contributed by atoms with Gasteiger partial charge in [-0.15, -0.1) is 11.8 Å². The van der Waals surface area contributed by atoms with Gasteiger partial charge in [0.05, 0.1) is 10.2 Å². The summed E-state index contributed by atoms with van der Waals surface area (Å²) in [6.45, 7) is 4.44. The van der Waals surface area contributed by atoms with E-state index in [0.717, 1.165) is 21.6 Å². The van der Waals surface area contributed by atoms with E-state index in [-0.39, 0.29) is 5.69 Å². The van der Waals surface area contributed by atoms with Crippen molar-refractivity contribution >= 4 is 27.7 Å². The fraction of sp³-hybridized carbons (Fsp3) is 0.286. The number of nitrogens with zero attached hydrogens (tertiary/aromatic N) is 2. The van der Waals surface area contributed by atoms with Crippen LogP contribution in [0.4, 0.5) is 0 Å². The van der Waals surface area contributed by atoms with Crippen LogP contribution in [0.1, 0.15) is 11.4 Å². The largest absolute Gasteiger partial charge is 0.348 e. The van der Waals surface area contributed by atoms with Gasteiger partial charge in [-0.3, -0.25) is 4.57 Å². The minimum atomic E-state index is -0.174. The maximum absolute atomic E-state index is 11.9. The summed E-state index contributed by atoms with van der Waals surface area (Å²) in [5, 5.41) is 0. The highest BCUT2D eigenvalue weighted by Gasteiger charge is 2.08. The van der Waals surface area contributed by atoms with Gasteiger partial charge in [-0.05, 0) is 41.9 Å². The first kappa shape index (κ1) is 14.3. The monoisotopic (exact) mass is 338 g/mol. The third-order valence-electron chi connectivity index (χ3n) is 2.86. The SMILES string of the molecule is Cc1nc(=O)n(CCSc2ccccc2)c(C)c1Br. The third-order valence-corrected chi connectivity index (χ3v) is 5.00. The first-order valence-corrected chi connectivity index (χ1v) is 7.79. The molecule has 5 heteroatoms. The molecule has 2 rings (SSSR count).